The summed E-state index contributed by atoms with van der Waals surface area (Å²) in [6.07, 6.45) is 2.08. The number of nitrogens with zero attached hydrogens (tertiary/aromatic N) is 3. The van der Waals surface area contributed by atoms with Gasteiger partial charge in [0.05, 0.1) is 0 Å². The maximum atomic E-state index is 5.89. The van der Waals surface area contributed by atoms with Crippen molar-refractivity contribution in [3.8, 4) is 0 Å². The van der Waals surface area contributed by atoms with E-state index in [0.717, 1.165) is 56.4 Å². The Hall–Kier alpha value is -2.01. The molecule has 0 saturated carbocycles. The molecule has 5 nitrogen and oxygen atoms in total. The Bertz CT molecular complexity index is 672. The van der Waals surface area contributed by atoms with Crippen LogP contribution >= 0.6 is 0 Å². The van der Waals surface area contributed by atoms with E-state index in [1.807, 2.05) is 25.2 Å². The van der Waals surface area contributed by atoms with Crippen molar-refractivity contribution in [2.45, 2.75) is 32.7 Å². The SMILES string of the molecule is CCN(CC)C1CCN(C(=NC)NCCc2cc3ccccc3o2)C1. The van der Waals surface area contributed by atoms with Gasteiger partial charge in [-0.15, -0.1) is 0 Å². The van der Waals surface area contributed by atoms with Gasteiger partial charge in [0.15, 0.2) is 5.96 Å². The summed E-state index contributed by atoms with van der Waals surface area (Å²) in [5, 5.41) is 4.67. The monoisotopic (exact) mass is 342 g/mol. The molecule has 0 spiro atoms. The Morgan fingerprint density at radius 1 is 1.32 bits per heavy atom. The number of para-hydroxylation sites is 1. The number of aliphatic imine (C=N–C) groups is 1. The number of likely N-dealkylation sites (N-methyl/N-ethyl adjacent to an activating group) is 1. The van der Waals surface area contributed by atoms with Crippen LogP contribution in [0.4, 0.5) is 0 Å². The molecular weight excluding hydrogens is 312 g/mol. The molecule has 2 heterocycles. The van der Waals surface area contributed by atoms with E-state index < -0.39 is 0 Å². The van der Waals surface area contributed by atoms with Crippen molar-refractivity contribution in [3.63, 3.8) is 0 Å². The maximum absolute atomic E-state index is 5.89. The van der Waals surface area contributed by atoms with Crippen molar-refractivity contribution < 1.29 is 4.42 Å². The van der Waals surface area contributed by atoms with Gasteiger partial charge in [0, 0.05) is 44.5 Å². The Balaban J connectivity index is 1.51. The summed E-state index contributed by atoms with van der Waals surface area (Å²) < 4.78 is 5.89. The van der Waals surface area contributed by atoms with Crippen LogP contribution in [-0.4, -0.2) is 61.6 Å². The number of nitrogens with one attached hydrogen (secondary N) is 1. The summed E-state index contributed by atoms with van der Waals surface area (Å²) in [5.74, 6) is 2.03. The molecule has 1 N–H and O–H groups in total. The van der Waals surface area contributed by atoms with Gasteiger partial charge in [0.2, 0.25) is 0 Å². The second-order valence-electron chi connectivity index (χ2n) is 6.58. The van der Waals surface area contributed by atoms with Crippen LogP contribution in [-0.2, 0) is 6.42 Å². The molecular formula is C20H30N4O. The average Bonchev–Trinajstić information content (AvgIpc) is 3.26. The first-order valence-electron chi connectivity index (χ1n) is 9.42. The van der Waals surface area contributed by atoms with E-state index in [1.165, 1.54) is 11.8 Å². The topological polar surface area (TPSA) is 44.0 Å². The molecule has 1 aromatic carbocycles. The molecule has 1 fully saturated rings. The number of fused-ring (bicyclic) bond motifs is 1. The third kappa shape index (κ3) is 4.15. The van der Waals surface area contributed by atoms with Crippen LogP contribution in [0.1, 0.15) is 26.0 Å². The van der Waals surface area contributed by atoms with Crippen molar-refractivity contribution >= 4 is 16.9 Å². The highest BCUT2D eigenvalue weighted by Crippen LogP contribution is 2.19. The molecule has 1 aromatic heterocycles. The van der Waals surface area contributed by atoms with E-state index in [4.69, 9.17) is 4.42 Å². The summed E-state index contributed by atoms with van der Waals surface area (Å²) in [6.45, 7) is 9.69. The molecule has 0 radical (unpaired) electrons. The average molecular weight is 342 g/mol. The van der Waals surface area contributed by atoms with Gasteiger partial charge in [0.25, 0.3) is 0 Å². The Kier molecular flexibility index (Phi) is 5.97. The van der Waals surface area contributed by atoms with E-state index in [1.54, 1.807) is 0 Å². The number of rotatable bonds is 6. The van der Waals surface area contributed by atoms with Crippen molar-refractivity contribution in [1.82, 2.24) is 15.1 Å². The van der Waals surface area contributed by atoms with Gasteiger partial charge < -0.3 is 14.6 Å². The first-order chi connectivity index (χ1) is 12.2. The van der Waals surface area contributed by atoms with Gasteiger partial charge in [-0.05, 0) is 31.6 Å². The molecule has 2 aromatic rings. The summed E-state index contributed by atoms with van der Waals surface area (Å²) in [6, 6.07) is 10.9. The van der Waals surface area contributed by atoms with Crippen molar-refractivity contribution in [1.29, 1.82) is 0 Å². The predicted molar refractivity (Wildman–Crippen MR) is 104 cm³/mol. The molecule has 0 bridgehead atoms. The van der Waals surface area contributed by atoms with Crippen LogP contribution in [0.2, 0.25) is 0 Å². The minimum atomic E-state index is 0.643. The maximum Gasteiger partial charge on any atom is 0.193 e. The molecule has 0 aliphatic carbocycles. The van der Waals surface area contributed by atoms with Gasteiger partial charge in [0.1, 0.15) is 11.3 Å². The second kappa shape index (κ2) is 8.39. The minimum absolute atomic E-state index is 0.643. The first-order valence-corrected chi connectivity index (χ1v) is 9.42. The largest absolute Gasteiger partial charge is 0.461 e. The number of likely N-dealkylation sites (tertiary alicyclic amines) is 1. The lowest BCUT2D eigenvalue weighted by molar-refractivity contribution is 0.223. The zero-order valence-electron chi connectivity index (χ0n) is 15.7. The predicted octanol–water partition coefficient (Wildman–Crippen LogP) is 2.97. The summed E-state index contributed by atoms with van der Waals surface area (Å²) in [7, 11) is 1.87. The standard InChI is InChI=1S/C20H30N4O/c1-4-23(5-2)17-11-13-24(15-17)20(21-3)22-12-10-18-14-16-8-6-7-9-19(16)25-18/h6-9,14,17H,4-5,10-13,15H2,1-3H3,(H,21,22). The van der Waals surface area contributed by atoms with E-state index in [2.05, 4.69) is 46.1 Å². The van der Waals surface area contributed by atoms with Crippen LogP contribution < -0.4 is 5.32 Å². The number of furan rings is 1. The van der Waals surface area contributed by atoms with Gasteiger partial charge in [-0.1, -0.05) is 32.0 Å². The quantitative estimate of drug-likeness (QED) is 0.647. The van der Waals surface area contributed by atoms with Crippen LogP contribution in [0.15, 0.2) is 39.7 Å². The molecule has 136 valence electrons. The number of hydrogen-bond acceptors (Lipinski definition) is 3. The van der Waals surface area contributed by atoms with Gasteiger partial charge in [-0.3, -0.25) is 9.89 Å². The third-order valence-corrected chi connectivity index (χ3v) is 5.13. The van der Waals surface area contributed by atoms with Crippen LogP contribution in [0.25, 0.3) is 11.0 Å². The lowest BCUT2D eigenvalue weighted by Crippen LogP contribution is -2.43. The smallest absolute Gasteiger partial charge is 0.193 e. The zero-order valence-corrected chi connectivity index (χ0v) is 15.7. The normalized spacial score (nSPS) is 18.5. The Labute approximate surface area is 150 Å². The lowest BCUT2D eigenvalue weighted by Gasteiger charge is -2.27. The molecule has 1 aliphatic rings. The Morgan fingerprint density at radius 2 is 2.12 bits per heavy atom. The highest BCUT2D eigenvalue weighted by molar-refractivity contribution is 5.80. The van der Waals surface area contributed by atoms with E-state index in [9.17, 15) is 0 Å². The number of benzene rings is 1. The van der Waals surface area contributed by atoms with Crippen LogP contribution in [0.3, 0.4) is 0 Å². The first kappa shape index (κ1) is 17.8. The number of guanidine groups is 1. The summed E-state index contributed by atoms with van der Waals surface area (Å²) in [4.78, 5) is 9.39. The Morgan fingerprint density at radius 3 is 2.84 bits per heavy atom. The molecule has 3 rings (SSSR count). The van der Waals surface area contributed by atoms with Crippen molar-refractivity contribution in [3.05, 3.63) is 36.1 Å². The van der Waals surface area contributed by atoms with Crippen LogP contribution in [0, 0.1) is 0 Å². The molecule has 1 aliphatic heterocycles. The van der Waals surface area contributed by atoms with Gasteiger partial charge in [-0.25, -0.2) is 0 Å². The van der Waals surface area contributed by atoms with Crippen LogP contribution in [0.5, 0.6) is 0 Å². The molecule has 1 unspecified atom stereocenters. The fourth-order valence-corrected chi connectivity index (χ4v) is 3.76. The molecule has 5 heteroatoms. The highest BCUT2D eigenvalue weighted by Gasteiger charge is 2.27. The van der Waals surface area contributed by atoms with Crippen molar-refractivity contribution in [2.24, 2.45) is 4.99 Å². The molecule has 1 atom stereocenters. The molecule has 1 saturated heterocycles. The third-order valence-electron chi connectivity index (χ3n) is 5.13. The fraction of sp³-hybridized carbons (Fsp3) is 0.550. The lowest BCUT2D eigenvalue weighted by atomic mass is 10.2. The van der Waals surface area contributed by atoms with E-state index >= 15 is 0 Å². The van der Waals surface area contributed by atoms with E-state index in [-0.39, 0.29) is 0 Å². The minimum Gasteiger partial charge on any atom is -0.461 e. The zero-order chi connectivity index (χ0) is 17.6. The molecule has 25 heavy (non-hydrogen) atoms. The molecule has 0 amide bonds. The highest BCUT2D eigenvalue weighted by atomic mass is 16.3. The van der Waals surface area contributed by atoms with Gasteiger partial charge >= 0.3 is 0 Å². The number of hydrogen-bond donors (Lipinski definition) is 1. The second-order valence-corrected chi connectivity index (χ2v) is 6.58. The van der Waals surface area contributed by atoms with E-state index in [0.29, 0.717) is 6.04 Å². The fourth-order valence-electron chi connectivity index (χ4n) is 3.76. The van der Waals surface area contributed by atoms with Gasteiger partial charge in [-0.2, -0.15) is 0 Å². The summed E-state index contributed by atoms with van der Waals surface area (Å²) in [5.41, 5.74) is 0.962. The summed E-state index contributed by atoms with van der Waals surface area (Å²) >= 11 is 0. The van der Waals surface area contributed by atoms with Crippen molar-refractivity contribution in [2.75, 3.05) is 39.8 Å².